The van der Waals surface area contributed by atoms with Crippen molar-refractivity contribution in [2.45, 2.75) is 0 Å². The molecule has 1 atom stereocenters. The second-order valence-electron chi connectivity index (χ2n) is 0.235. The van der Waals surface area contributed by atoms with Crippen LogP contribution >= 0.6 is 26.8 Å². The highest BCUT2D eigenvalue weighted by molar-refractivity contribution is 8.74. The zero-order valence-corrected chi connectivity index (χ0v) is 5.01. The van der Waals surface area contributed by atoms with Gasteiger partial charge in [-0.25, -0.2) is 0 Å². The summed E-state index contributed by atoms with van der Waals surface area (Å²) in [7, 11) is 3.62. The molecule has 0 aromatic carbocycles. The summed E-state index contributed by atoms with van der Waals surface area (Å²) in [5, 5.41) is 0. The van der Waals surface area contributed by atoms with E-state index in [1.807, 2.05) is 0 Å². The van der Waals surface area contributed by atoms with Gasteiger partial charge in [0.2, 0.25) is 0 Å². The predicted molar refractivity (Wildman–Crippen MR) is 31.3 cm³/mol. The SMILES string of the molecule is C=PSP. The van der Waals surface area contributed by atoms with Crippen molar-refractivity contribution in [1.29, 1.82) is 0 Å². The first-order valence-electron chi connectivity index (χ1n) is 0.735. The summed E-state index contributed by atoms with van der Waals surface area (Å²) in [6.45, 7) is 0. The van der Waals surface area contributed by atoms with E-state index in [0.717, 1.165) is 7.41 Å². The molecule has 0 heterocycles. The van der Waals surface area contributed by atoms with Gasteiger partial charge in [-0.1, -0.05) is 25.7 Å². The van der Waals surface area contributed by atoms with Crippen LogP contribution in [0.2, 0.25) is 0 Å². The van der Waals surface area contributed by atoms with E-state index in [1.165, 1.54) is 0 Å². The van der Waals surface area contributed by atoms with Gasteiger partial charge in [-0.05, 0) is 7.41 Å². The molecule has 0 radical (unpaired) electrons. The molecule has 24 valence electrons. The summed E-state index contributed by atoms with van der Waals surface area (Å²) in [4.78, 5) is 0. The van der Waals surface area contributed by atoms with Crippen LogP contribution in [0.4, 0.5) is 0 Å². The molecule has 4 heavy (non-hydrogen) atoms. The third-order valence-corrected chi connectivity index (χ3v) is 2.01. The van der Waals surface area contributed by atoms with Crippen LogP contribution in [0.1, 0.15) is 0 Å². The van der Waals surface area contributed by atoms with Crippen LogP contribution in [-0.4, -0.2) is 6.30 Å². The van der Waals surface area contributed by atoms with Gasteiger partial charge < -0.3 is 0 Å². The van der Waals surface area contributed by atoms with E-state index in [1.54, 1.807) is 11.0 Å². The zero-order chi connectivity index (χ0) is 3.41. The molecule has 0 aliphatic rings. The van der Waals surface area contributed by atoms with Crippen molar-refractivity contribution >= 4 is 33.1 Å². The molecule has 0 saturated carbocycles. The van der Waals surface area contributed by atoms with Crippen LogP contribution < -0.4 is 0 Å². The maximum Gasteiger partial charge on any atom is -0.0392 e. The quantitative estimate of drug-likeness (QED) is 0.464. The van der Waals surface area contributed by atoms with E-state index < -0.39 is 0 Å². The minimum absolute atomic E-state index is 1.13. The Balaban J connectivity index is 2.30. The molecule has 0 nitrogen and oxygen atoms in total. The molecule has 0 fully saturated rings. The first-order chi connectivity index (χ1) is 1.91. The average molecular weight is 110 g/mol. The number of rotatable bonds is 1. The topological polar surface area (TPSA) is 0 Å². The van der Waals surface area contributed by atoms with Crippen LogP contribution in [0.25, 0.3) is 0 Å². The Kier molecular flexibility index (Phi) is 4.89. The molecular weight excluding hydrogens is 106 g/mol. The zero-order valence-electron chi connectivity index (χ0n) is 2.14. The molecule has 0 N–H and O–H groups in total. The Morgan fingerprint density at radius 2 is 2.25 bits per heavy atom. The number of hydrogen-bond donors (Lipinski definition) is 0. The van der Waals surface area contributed by atoms with Crippen molar-refractivity contribution in [2.75, 3.05) is 0 Å². The smallest absolute Gasteiger partial charge is 0.0392 e. The Bertz CT molecular complexity index is 20.0. The summed E-state index contributed by atoms with van der Waals surface area (Å²) >= 11 is 1.63. The molecule has 0 aromatic rings. The summed E-state index contributed by atoms with van der Waals surface area (Å²) in [5.74, 6) is 0. The van der Waals surface area contributed by atoms with Gasteiger partial charge in [-0.15, -0.1) is 0 Å². The molecule has 0 aliphatic carbocycles. The van der Waals surface area contributed by atoms with E-state index in [9.17, 15) is 0 Å². The summed E-state index contributed by atoms with van der Waals surface area (Å²) in [6, 6.07) is 0. The highest BCUT2D eigenvalue weighted by Gasteiger charge is 1.45. The predicted octanol–water partition coefficient (Wildman–Crippen LogP) is 1.80. The third-order valence-electron chi connectivity index (χ3n) is 0.0745. The Morgan fingerprint density at radius 1 is 2.00 bits per heavy atom. The number of hydrogen-bond acceptors (Lipinski definition) is 1. The molecular formula is CH4P2S. The lowest BCUT2D eigenvalue weighted by molar-refractivity contribution is 4.73. The third kappa shape index (κ3) is 2.95. The Morgan fingerprint density at radius 3 is 2.25 bits per heavy atom. The maximum atomic E-state index is 3.52. The minimum atomic E-state index is 1.13. The molecule has 0 amide bonds. The van der Waals surface area contributed by atoms with Gasteiger partial charge in [0.25, 0.3) is 0 Å². The largest absolute Gasteiger partial charge is 0.0822 e. The highest BCUT2D eigenvalue weighted by atomic mass is 33.0. The van der Waals surface area contributed by atoms with Crippen LogP contribution in [0, 0.1) is 0 Å². The molecule has 0 saturated heterocycles. The van der Waals surface area contributed by atoms with E-state index in [-0.39, 0.29) is 0 Å². The van der Waals surface area contributed by atoms with Gasteiger partial charge in [0.1, 0.15) is 0 Å². The fourth-order valence-electron chi connectivity index (χ4n) is 0. The summed E-state index contributed by atoms with van der Waals surface area (Å²) < 4.78 is 0. The maximum absolute atomic E-state index is 3.52. The second-order valence-corrected chi connectivity index (χ2v) is 4.01. The van der Waals surface area contributed by atoms with Crippen molar-refractivity contribution in [3.05, 3.63) is 0 Å². The van der Waals surface area contributed by atoms with Crippen molar-refractivity contribution in [3.8, 4) is 0 Å². The monoisotopic (exact) mass is 110 g/mol. The van der Waals surface area contributed by atoms with Gasteiger partial charge in [-0.3, -0.25) is 0 Å². The standard InChI is InChI=1S/CH4P2S/c1-3-4-2/h1-2H2. The summed E-state index contributed by atoms with van der Waals surface area (Å²) in [5.41, 5.74) is 0. The first kappa shape index (κ1) is 4.95. The summed E-state index contributed by atoms with van der Waals surface area (Å²) in [6.07, 6.45) is 3.52. The molecule has 0 spiro atoms. The van der Waals surface area contributed by atoms with Crippen LogP contribution in [0.5, 0.6) is 0 Å². The van der Waals surface area contributed by atoms with E-state index >= 15 is 0 Å². The molecule has 3 heteroatoms. The van der Waals surface area contributed by atoms with Gasteiger partial charge in [0, 0.05) is 0 Å². The Labute approximate surface area is 33.9 Å². The highest BCUT2D eigenvalue weighted by Crippen LogP contribution is 2.23. The van der Waals surface area contributed by atoms with Crippen LogP contribution in [0.15, 0.2) is 0 Å². The fraction of sp³-hybridized carbons (Fsp3) is 0. The van der Waals surface area contributed by atoms with Crippen LogP contribution in [-0.2, 0) is 0 Å². The lowest BCUT2D eigenvalue weighted by Gasteiger charge is -1.57. The van der Waals surface area contributed by atoms with Gasteiger partial charge >= 0.3 is 0 Å². The molecule has 1 unspecified atom stereocenters. The van der Waals surface area contributed by atoms with Gasteiger partial charge in [0.15, 0.2) is 0 Å². The lowest BCUT2D eigenvalue weighted by Crippen LogP contribution is -0.917. The van der Waals surface area contributed by atoms with E-state index in [2.05, 4.69) is 14.7 Å². The van der Waals surface area contributed by atoms with Gasteiger partial charge in [-0.2, -0.15) is 0 Å². The Hall–Kier alpha value is 0.950. The molecule has 0 aliphatic heterocycles. The normalized spacial score (nSPS) is 8.25. The average Bonchev–Trinajstić information content (AvgIpc) is 1.37. The van der Waals surface area contributed by atoms with Crippen molar-refractivity contribution < 1.29 is 0 Å². The van der Waals surface area contributed by atoms with Gasteiger partial charge in [0.05, 0.1) is 0 Å². The van der Waals surface area contributed by atoms with E-state index in [0.29, 0.717) is 0 Å². The fourth-order valence-corrected chi connectivity index (χ4v) is 0. The first-order valence-corrected chi connectivity index (χ1v) is 4.71. The minimum Gasteiger partial charge on any atom is -0.0822 e. The molecule has 0 aromatic heterocycles. The lowest BCUT2D eigenvalue weighted by atomic mass is 12.0. The second kappa shape index (κ2) is 3.95. The van der Waals surface area contributed by atoms with Crippen LogP contribution in [0.3, 0.4) is 0 Å². The molecule has 0 bridgehead atoms. The van der Waals surface area contributed by atoms with Crippen molar-refractivity contribution in [2.24, 2.45) is 0 Å². The van der Waals surface area contributed by atoms with Crippen molar-refractivity contribution in [3.63, 3.8) is 0 Å². The molecule has 0 rings (SSSR count). The van der Waals surface area contributed by atoms with Crippen molar-refractivity contribution in [1.82, 2.24) is 0 Å². The van der Waals surface area contributed by atoms with E-state index in [4.69, 9.17) is 0 Å².